The van der Waals surface area contributed by atoms with Gasteiger partial charge in [0.2, 0.25) is 0 Å². The number of methoxy groups -OCH3 is 1. The molecule has 1 saturated heterocycles. The molecule has 2 rings (SSSR count). The molecule has 0 aromatic carbocycles. The maximum Gasteiger partial charge on any atom is 0.311 e. The van der Waals surface area contributed by atoms with Gasteiger partial charge in [-0.15, -0.1) is 0 Å². The van der Waals surface area contributed by atoms with Crippen LogP contribution >= 0.6 is 0 Å². The lowest BCUT2D eigenvalue weighted by Gasteiger charge is -2.36. The molecule has 0 spiro atoms. The highest BCUT2D eigenvalue weighted by molar-refractivity contribution is 7.87. The zero-order valence-corrected chi connectivity index (χ0v) is 29.1. The van der Waals surface area contributed by atoms with Crippen molar-refractivity contribution >= 4 is 34.0 Å². The fourth-order valence-electron chi connectivity index (χ4n) is 6.01. The summed E-state index contributed by atoms with van der Waals surface area (Å²) in [6, 6.07) is 0. The van der Waals surface area contributed by atoms with Gasteiger partial charge in [0, 0.05) is 13.0 Å². The van der Waals surface area contributed by atoms with Gasteiger partial charge in [-0.25, -0.2) is 0 Å². The fraction of sp³-hybridized carbons (Fsp3) is 0.875. The molecule has 266 valence electrons. The largest absolute Gasteiger partial charge is 0.469 e. The molecule has 4 unspecified atom stereocenters. The summed E-state index contributed by atoms with van der Waals surface area (Å²) in [5.41, 5.74) is -2.49. The summed E-state index contributed by atoms with van der Waals surface area (Å²) in [6.07, 6.45) is 2.90. The average molecular weight is 679 g/mol. The lowest BCUT2D eigenvalue weighted by molar-refractivity contribution is -0.164. The standard InChI is InChI=1S/C32H54O13S/c1-7-23(27(34)42-15-16-45-46(38,39)26-11-9-22(2)10-12-26)17-24(28(35)41-14-8-13-33)18-32(5,30(37)40-6)21-31(3,4)29(36)44-20-25-19-43-25/h22-26,33H,7-21H2,1-6H3. The molecule has 1 N–H and O–H groups in total. The Hall–Kier alpha value is -2.29. The van der Waals surface area contributed by atoms with Gasteiger partial charge in [-0.3, -0.25) is 23.4 Å². The zero-order valence-electron chi connectivity index (χ0n) is 28.2. The molecule has 0 radical (unpaired) electrons. The first-order chi connectivity index (χ1) is 21.6. The summed E-state index contributed by atoms with van der Waals surface area (Å²) >= 11 is 0. The number of carbonyl (C=O) groups excluding carboxylic acids is 4. The third-order valence-electron chi connectivity index (χ3n) is 8.78. The van der Waals surface area contributed by atoms with Crippen LogP contribution in [0.5, 0.6) is 0 Å². The van der Waals surface area contributed by atoms with E-state index in [0.717, 1.165) is 12.8 Å². The molecule has 4 atom stereocenters. The summed E-state index contributed by atoms with van der Waals surface area (Å²) in [5.74, 6) is -3.77. The molecular formula is C32H54O13S. The number of epoxide rings is 1. The molecule has 1 heterocycles. The van der Waals surface area contributed by atoms with Crippen molar-refractivity contribution in [3.63, 3.8) is 0 Å². The van der Waals surface area contributed by atoms with Crippen LogP contribution in [0.15, 0.2) is 0 Å². The van der Waals surface area contributed by atoms with E-state index in [2.05, 4.69) is 6.92 Å². The predicted molar refractivity (Wildman–Crippen MR) is 166 cm³/mol. The Morgan fingerprint density at radius 3 is 2.09 bits per heavy atom. The van der Waals surface area contributed by atoms with E-state index in [0.29, 0.717) is 25.4 Å². The monoisotopic (exact) mass is 678 g/mol. The van der Waals surface area contributed by atoms with E-state index < -0.39 is 61.9 Å². The second kappa shape index (κ2) is 18.3. The number of hydrogen-bond donors (Lipinski definition) is 1. The number of aliphatic hydroxyl groups excluding tert-OH is 1. The van der Waals surface area contributed by atoms with Crippen LogP contribution in [-0.4, -0.2) is 95.5 Å². The molecule has 0 aromatic rings. The summed E-state index contributed by atoms with van der Waals surface area (Å²) in [5, 5.41) is 8.58. The summed E-state index contributed by atoms with van der Waals surface area (Å²) < 4.78 is 56.6. The average Bonchev–Trinajstić information content (AvgIpc) is 3.84. The van der Waals surface area contributed by atoms with E-state index in [1.54, 1.807) is 27.7 Å². The highest BCUT2D eigenvalue weighted by atomic mass is 32.2. The summed E-state index contributed by atoms with van der Waals surface area (Å²) in [4.78, 5) is 52.5. The van der Waals surface area contributed by atoms with Crippen LogP contribution in [0, 0.1) is 28.6 Å². The van der Waals surface area contributed by atoms with Crippen molar-refractivity contribution in [1.29, 1.82) is 0 Å². The quantitative estimate of drug-likeness (QED) is 0.0614. The highest BCUT2D eigenvalue weighted by Gasteiger charge is 2.47. The van der Waals surface area contributed by atoms with Gasteiger partial charge in [0.15, 0.2) is 0 Å². The smallest absolute Gasteiger partial charge is 0.311 e. The van der Waals surface area contributed by atoms with Gasteiger partial charge in [0.1, 0.15) is 25.9 Å². The molecule has 1 saturated carbocycles. The van der Waals surface area contributed by atoms with E-state index in [4.69, 9.17) is 33.0 Å². The molecule has 0 aromatic heterocycles. The maximum atomic E-state index is 13.3. The van der Waals surface area contributed by atoms with Crippen molar-refractivity contribution in [3.05, 3.63) is 0 Å². The lowest BCUT2D eigenvalue weighted by Crippen LogP contribution is -2.41. The minimum atomic E-state index is -3.78. The molecule has 14 heteroatoms. The van der Waals surface area contributed by atoms with Gasteiger partial charge in [-0.1, -0.05) is 13.8 Å². The number of hydrogen-bond acceptors (Lipinski definition) is 13. The van der Waals surface area contributed by atoms with E-state index in [1.165, 1.54) is 7.11 Å². The van der Waals surface area contributed by atoms with Crippen LogP contribution in [0.3, 0.4) is 0 Å². The van der Waals surface area contributed by atoms with Crippen LogP contribution in [0.2, 0.25) is 0 Å². The maximum absolute atomic E-state index is 13.3. The molecule has 13 nitrogen and oxygen atoms in total. The second-order valence-electron chi connectivity index (χ2n) is 13.5. The first-order valence-corrected chi connectivity index (χ1v) is 17.7. The topological polar surface area (TPSA) is 181 Å². The zero-order chi connectivity index (χ0) is 34.5. The molecular weight excluding hydrogens is 624 g/mol. The van der Waals surface area contributed by atoms with Gasteiger partial charge in [-0.2, -0.15) is 8.42 Å². The Morgan fingerprint density at radius 1 is 0.913 bits per heavy atom. The van der Waals surface area contributed by atoms with Gasteiger partial charge in [0.25, 0.3) is 10.1 Å². The number of rotatable bonds is 21. The SMILES string of the molecule is CCC(CC(CC(C)(CC(C)(C)C(=O)OCC1CO1)C(=O)OC)C(=O)OCCCO)C(=O)OCCOS(=O)(=O)C1CCC(C)CC1. The molecule has 1 aliphatic heterocycles. The molecule has 2 fully saturated rings. The minimum Gasteiger partial charge on any atom is -0.469 e. The van der Waals surface area contributed by atoms with Gasteiger partial charge < -0.3 is 28.8 Å². The van der Waals surface area contributed by atoms with E-state index in [9.17, 15) is 27.6 Å². The third-order valence-corrected chi connectivity index (χ3v) is 10.6. The van der Waals surface area contributed by atoms with E-state index in [-0.39, 0.29) is 71.2 Å². The first-order valence-electron chi connectivity index (χ1n) is 16.3. The van der Waals surface area contributed by atoms with Crippen LogP contribution in [0.4, 0.5) is 0 Å². The van der Waals surface area contributed by atoms with E-state index in [1.807, 2.05) is 0 Å². The van der Waals surface area contributed by atoms with E-state index >= 15 is 0 Å². The molecule has 0 amide bonds. The van der Waals surface area contributed by atoms with Crippen LogP contribution in [0.25, 0.3) is 0 Å². The van der Waals surface area contributed by atoms with Gasteiger partial charge in [-0.05, 0) is 78.1 Å². The van der Waals surface area contributed by atoms with Crippen molar-refractivity contribution in [2.75, 3.05) is 46.8 Å². The van der Waals surface area contributed by atoms with Crippen molar-refractivity contribution in [1.82, 2.24) is 0 Å². The molecule has 46 heavy (non-hydrogen) atoms. The Labute approximate surface area is 273 Å². The Balaban J connectivity index is 2.11. The summed E-state index contributed by atoms with van der Waals surface area (Å²) in [7, 11) is -2.57. The van der Waals surface area contributed by atoms with Crippen LogP contribution in [0.1, 0.15) is 92.4 Å². The van der Waals surface area contributed by atoms with Crippen molar-refractivity contribution in [2.45, 2.75) is 104 Å². The Morgan fingerprint density at radius 2 is 1.52 bits per heavy atom. The van der Waals surface area contributed by atoms with Gasteiger partial charge in [0.05, 0.1) is 48.2 Å². The molecule has 0 bridgehead atoms. The normalized spacial score (nSPS) is 22.5. The second-order valence-corrected chi connectivity index (χ2v) is 15.4. The number of ether oxygens (including phenoxy) is 5. The number of esters is 4. The molecule has 1 aliphatic carbocycles. The Kier molecular flexibility index (Phi) is 15.9. The van der Waals surface area contributed by atoms with Crippen LogP contribution < -0.4 is 0 Å². The van der Waals surface area contributed by atoms with Crippen LogP contribution in [-0.2, 0) is 57.2 Å². The third kappa shape index (κ3) is 12.7. The molecule has 2 aliphatic rings. The van der Waals surface area contributed by atoms with Gasteiger partial charge >= 0.3 is 23.9 Å². The minimum absolute atomic E-state index is 0.0234. The highest BCUT2D eigenvalue weighted by Crippen LogP contribution is 2.42. The fourth-order valence-corrected chi connectivity index (χ4v) is 7.35. The number of carbonyl (C=O) groups is 4. The van der Waals surface area contributed by atoms with Crippen molar-refractivity contribution < 1.29 is 60.6 Å². The lowest BCUT2D eigenvalue weighted by atomic mass is 9.68. The number of aliphatic hydroxyl groups is 1. The van der Waals surface area contributed by atoms with Crippen molar-refractivity contribution in [2.24, 2.45) is 28.6 Å². The predicted octanol–water partition coefficient (Wildman–Crippen LogP) is 3.34. The van der Waals surface area contributed by atoms with Crippen molar-refractivity contribution in [3.8, 4) is 0 Å². The Bertz CT molecular complexity index is 1110. The summed E-state index contributed by atoms with van der Waals surface area (Å²) in [6.45, 7) is 8.47. The first kappa shape index (κ1) is 39.9.